The summed E-state index contributed by atoms with van der Waals surface area (Å²) in [6.07, 6.45) is 5.58. The first-order chi connectivity index (χ1) is 11.9. The number of hydrogen-bond donors (Lipinski definition) is 2. The Bertz CT molecular complexity index is 669. The Kier molecular flexibility index (Phi) is 5.08. The van der Waals surface area contributed by atoms with Crippen molar-refractivity contribution in [3.63, 3.8) is 0 Å². The molecule has 25 heavy (non-hydrogen) atoms. The number of nitrogens with one attached hydrogen (secondary N) is 1. The number of benzene rings is 1. The molecule has 1 aliphatic carbocycles. The van der Waals surface area contributed by atoms with Crippen LogP contribution in [-0.2, 0) is 9.59 Å². The Morgan fingerprint density at radius 1 is 1.32 bits per heavy atom. The molecule has 1 atom stereocenters. The van der Waals surface area contributed by atoms with Crippen molar-refractivity contribution in [3.05, 3.63) is 29.6 Å². The third-order valence-corrected chi connectivity index (χ3v) is 5.29. The zero-order chi connectivity index (χ0) is 18.0. The Morgan fingerprint density at radius 3 is 2.68 bits per heavy atom. The van der Waals surface area contributed by atoms with E-state index in [9.17, 15) is 19.1 Å². The van der Waals surface area contributed by atoms with Crippen molar-refractivity contribution in [3.8, 4) is 0 Å². The van der Waals surface area contributed by atoms with Crippen LogP contribution in [0.1, 0.15) is 56.4 Å². The molecule has 0 aromatic heterocycles. The van der Waals surface area contributed by atoms with Crippen LogP contribution >= 0.6 is 0 Å². The molecule has 136 valence electrons. The number of fused-ring (bicyclic) bond motifs is 1. The smallest absolute Gasteiger partial charge is 0.230 e. The third-order valence-electron chi connectivity index (χ3n) is 5.29. The summed E-state index contributed by atoms with van der Waals surface area (Å²) in [5.41, 5.74) is 0.130. The van der Waals surface area contributed by atoms with E-state index in [1.54, 1.807) is 13.1 Å². The van der Waals surface area contributed by atoms with E-state index in [4.69, 9.17) is 0 Å². The number of carbonyl (C=O) groups excluding carboxylic acids is 2. The van der Waals surface area contributed by atoms with Crippen LogP contribution in [0.4, 0.5) is 10.1 Å². The molecule has 0 bridgehead atoms. The van der Waals surface area contributed by atoms with E-state index in [0.717, 1.165) is 25.7 Å². The van der Waals surface area contributed by atoms with E-state index in [-0.39, 0.29) is 24.8 Å². The minimum Gasteiger partial charge on any atom is -0.388 e. The number of likely N-dealkylation sites (N-methyl/N-ethyl adjacent to an activating group) is 1. The van der Waals surface area contributed by atoms with Crippen molar-refractivity contribution in [2.45, 2.75) is 56.5 Å². The molecule has 0 unspecified atom stereocenters. The van der Waals surface area contributed by atoms with Crippen LogP contribution < -0.4 is 5.32 Å². The predicted octanol–water partition coefficient (Wildman–Crippen LogP) is 2.80. The van der Waals surface area contributed by atoms with Gasteiger partial charge in [0.2, 0.25) is 11.8 Å². The second kappa shape index (κ2) is 7.12. The van der Waals surface area contributed by atoms with Gasteiger partial charge in [-0.3, -0.25) is 9.59 Å². The molecule has 5 nitrogen and oxygen atoms in total. The maximum atomic E-state index is 13.4. The van der Waals surface area contributed by atoms with Gasteiger partial charge in [0.1, 0.15) is 5.82 Å². The number of rotatable bonds is 3. The maximum absolute atomic E-state index is 13.4. The van der Waals surface area contributed by atoms with Crippen molar-refractivity contribution in [2.24, 2.45) is 0 Å². The Hall–Kier alpha value is -1.95. The minimum absolute atomic E-state index is 0.0419. The molecular weight excluding hydrogens is 323 g/mol. The topological polar surface area (TPSA) is 69.6 Å². The fraction of sp³-hybridized carbons (Fsp3) is 0.579. The highest BCUT2D eigenvalue weighted by Gasteiger charge is 2.36. The average Bonchev–Trinajstić information content (AvgIpc) is 2.77. The summed E-state index contributed by atoms with van der Waals surface area (Å²) in [5, 5.41) is 13.5. The molecule has 3 rings (SSSR count). The van der Waals surface area contributed by atoms with E-state index in [1.807, 2.05) is 0 Å². The van der Waals surface area contributed by atoms with Gasteiger partial charge < -0.3 is 15.3 Å². The second-order valence-electron chi connectivity index (χ2n) is 7.37. The first-order valence-electron chi connectivity index (χ1n) is 8.95. The van der Waals surface area contributed by atoms with Gasteiger partial charge in [0.05, 0.1) is 11.5 Å². The van der Waals surface area contributed by atoms with Crippen molar-refractivity contribution in [2.75, 3.05) is 18.9 Å². The van der Waals surface area contributed by atoms with Crippen molar-refractivity contribution in [1.29, 1.82) is 0 Å². The largest absolute Gasteiger partial charge is 0.388 e. The molecule has 1 heterocycles. The van der Waals surface area contributed by atoms with Crippen molar-refractivity contribution in [1.82, 2.24) is 4.90 Å². The van der Waals surface area contributed by atoms with Crippen LogP contribution in [-0.4, -0.2) is 41.0 Å². The van der Waals surface area contributed by atoms with Gasteiger partial charge in [0, 0.05) is 25.7 Å². The average molecular weight is 348 g/mol. The Balaban J connectivity index is 1.77. The standard InChI is InChI=1S/C19H25FN2O3/c1-22(12-19(25)8-4-2-3-5-9-19)18(24)15-11-17(23)21-16-10-13(20)6-7-14(15)16/h6-7,10,15,25H,2-5,8-9,11-12H2,1H3,(H,21,23)/t15-/m1/s1. The van der Waals surface area contributed by atoms with E-state index in [2.05, 4.69) is 5.32 Å². The van der Waals surface area contributed by atoms with Crippen LogP contribution in [0.25, 0.3) is 0 Å². The lowest BCUT2D eigenvalue weighted by molar-refractivity contribution is -0.137. The van der Waals surface area contributed by atoms with E-state index >= 15 is 0 Å². The second-order valence-corrected chi connectivity index (χ2v) is 7.37. The van der Waals surface area contributed by atoms with Crippen molar-refractivity contribution >= 4 is 17.5 Å². The normalized spacial score (nSPS) is 22.5. The number of carbonyl (C=O) groups is 2. The molecule has 1 aromatic rings. The number of anilines is 1. The highest BCUT2D eigenvalue weighted by molar-refractivity contribution is 6.01. The van der Waals surface area contributed by atoms with E-state index in [1.165, 1.54) is 17.0 Å². The number of aliphatic hydroxyl groups is 1. The monoisotopic (exact) mass is 348 g/mol. The lowest BCUT2D eigenvalue weighted by atomic mass is 9.88. The van der Waals surface area contributed by atoms with Gasteiger partial charge in [0.25, 0.3) is 0 Å². The summed E-state index contributed by atoms with van der Waals surface area (Å²) >= 11 is 0. The van der Waals surface area contributed by atoms with E-state index in [0.29, 0.717) is 24.1 Å². The van der Waals surface area contributed by atoms with Gasteiger partial charge in [-0.25, -0.2) is 4.39 Å². The molecule has 0 saturated heterocycles. The van der Waals surface area contributed by atoms with Crippen LogP contribution in [0.2, 0.25) is 0 Å². The van der Waals surface area contributed by atoms with Gasteiger partial charge >= 0.3 is 0 Å². The Labute approximate surface area is 147 Å². The molecule has 2 amide bonds. The number of amides is 2. The minimum atomic E-state index is -0.858. The summed E-state index contributed by atoms with van der Waals surface area (Å²) in [4.78, 5) is 26.4. The fourth-order valence-electron chi connectivity index (χ4n) is 3.99. The summed E-state index contributed by atoms with van der Waals surface area (Å²) < 4.78 is 13.4. The molecular formula is C19H25FN2O3. The summed E-state index contributed by atoms with van der Waals surface area (Å²) in [5.74, 6) is -1.59. The first-order valence-corrected chi connectivity index (χ1v) is 8.95. The van der Waals surface area contributed by atoms with Gasteiger partial charge in [0.15, 0.2) is 0 Å². The summed E-state index contributed by atoms with van der Waals surface area (Å²) in [6, 6.07) is 4.10. The van der Waals surface area contributed by atoms with Crippen LogP contribution in [0.15, 0.2) is 18.2 Å². The van der Waals surface area contributed by atoms with Gasteiger partial charge in [-0.05, 0) is 30.5 Å². The lowest BCUT2D eigenvalue weighted by Crippen LogP contribution is -2.46. The van der Waals surface area contributed by atoms with Gasteiger partial charge in [-0.1, -0.05) is 31.7 Å². The number of hydrogen-bond acceptors (Lipinski definition) is 3. The molecule has 0 radical (unpaired) electrons. The van der Waals surface area contributed by atoms with E-state index < -0.39 is 17.3 Å². The zero-order valence-electron chi connectivity index (χ0n) is 14.6. The van der Waals surface area contributed by atoms with Crippen molar-refractivity contribution < 1.29 is 19.1 Å². The van der Waals surface area contributed by atoms with Crippen LogP contribution in [0.3, 0.4) is 0 Å². The molecule has 1 fully saturated rings. The molecule has 1 aliphatic heterocycles. The summed E-state index contributed by atoms with van der Waals surface area (Å²) in [6.45, 7) is 0.264. The molecule has 6 heteroatoms. The van der Waals surface area contributed by atoms with Crippen LogP contribution in [0, 0.1) is 5.82 Å². The maximum Gasteiger partial charge on any atom is 0.230 e. The lowest BCUT2D eigenvalue weighted by Gasteiger charge is -2.34. The highest BCUT2D eigenvalue weighted by atomic mass is 19.1. The molecule has 1 aromatic carbocycles. The fourth-order valence-corrected chi connectivity index (χ4v) is 3.99. The number of nitrogens with zero attached hydrogens (tertiary/aromatic N) is 1. The molecule has 2 N–H and O–H groups in total. The molecule has 1 saturated carbocycles. The third kappa shape index (κ3) is 4.00. The van der Waals surface area contributed by atoms with Gasteiger partial charge in [-0.15, -0.1) is 0 Å². The van der Waals surface area contributed by atoms with Gasteiger partial charge in [-0.2, -0.15) is 0 Å². The Morgan fingerprint density at radius 2 is 2.00 bits per heavy atom. The highest BCUT2D eigenvalue weighted by Crippen LogP contribution is 2.35. The zero-order valence-corrected chi connectivity index (χ0v) is 14.6. The number of halogens is 1. The molecule has 0 spiro atoms. The summed E-state index contributed by atoms with van der Waals surface area (Å²) in [7, 11) is 1.67. The predicted molar refractivity (Wildman–Crippen MR) is 92.7 cm³/mol. The molecule has 2 aliphatic rings. The first kappa shape index (κ1) is 17.9. The SMILES string of the molecule is CN(CC1(O)CCCCCC1)C(=O)[C@@H]1CC(=O)Nc2cc(F)ccc21. The quantitative estimate of drug-likeness (QED) is 0.825. The van der Waals surface area contributed by atoms with Crippen LogP contribution in [0.5, 0.6) is 0 Å².